The summed E-state index contributed by atoms with van der Waals surface area (Å²) in [5, 5.41) is 3.49. The molecule has 1 aromatic rings. The number of nitrogens with one attached hydrogen (secondary N) is 1. The molecule has 1 N–H and O–H groups in total. The van der Waals surface area contributed by atoms with Gasteiger partial charge in [0.1, 0.15) is 18.8 Å². The van der Waals surface area contributed by atoms with Crippen LogP contribution in [0.25, 0.3) is 0 Å². The van der Waals surface area contributed by atoms with E-state index in [1.54, 1.807) is 0 Å². The first kappa shape index (κ1) is 17.1. The van der Waals surface area contributed by atoms with Crippen molar-refractivity contribution in [2.45, 2.75) is 51.2 Å². The van der Waals surface area contributed by atoms with E-state index in [4.69, 9.17) is 14.2 Å². The molecule has 2 heterocycles. The van der Waals surface area contributed by atoms with Crippen molar-refractivity contribution >= 4 is 6.47 Å². The number of piperidine rings is 1. The molecule has 2 aliphatic rings. The van der Waals surface area contributed by atoms with Gasteiger partial charge >= 0.3 is 0 Å². The van der Waals surface area contributed by atoms with Gasteiger partial charge in [-0.1, -0.05) is 19.1 Å². The summed E-state index contributed by atoms with van der Waals surface area (Å²) in [7, 11) is 0. The number of fused-ring (bicyclic) bond motifs is 1. The zero-order chi connectivity index (χ0) is 16.8. The first-order chi connectivity index (χ1) is 11.7. The van der Waals surface area contributed by atoms with E-state index in [-0.39, 0.29) is 17.6 Å². The number of hydrogen-bond donors (Lipinski definition) is 1. The summed E-state index contributed by atoms with van der Waals surface area (Å²) < 4.78 is 17.2. The molecule has 0 aromatic heterocycles. The van der Waals surface area contributed by atoms with Gasteiger partial charge in [0, 0.05) is 13.0 Å². The smallest absolute Gasteiger partial charge is 0.293 e. The molecule has 1 fully saturated rings. The number of rotatable bonds is 7. The summed E-state index contributed by atoms with van der Waals surface area (Å²) in [5.74, 6) is 1.55. The molecule has 2 aliphatic heterocycles. The number of para-hydroxylation sites is 2. The summed E-state index contributed by atoms with van der Waals surface area (Å²) >= 11 is 0. The van der Waals surface area contributed by atoms with Gasteiger partial charge in [-0.25, -0.2) is 0 Å². The topological polar surface area (TPSA) is 56.8 Å². The predicted molar refractivity (Wildman–Crippen MR) is 91.4 cm³/mol. The van der Waals surface area contributed by atoms with Gasteiger partial charge in [0.25, 0.3) is 6.47 Å². The van der Waals surface area contributed by atoms with Crippen LogP contribution in [0, 0.1) is 5.41 Å². The Morgan fingerprint density at radius 1 is 1.42 bits per heavy atom. The Hall–Kier alpha value is -1.75. The summed E-state index contributed by atoms with van der Waals surface area (Å²) in [6, 6.07) is 7.69. The molecule has 3 atom stereocenters. The second-order valence-electron chi connectivity index (χ2n) is 6.93. The normalized spacial score (nSPS) is 27.3. The van der Waals surface area contributed by atoms with Crippen molar-refractivity contribution in [1.82, 2.24) is 5.32 Å². The van der Waals surface area contributed by atoms with Gasteiger partial charge in [-0.05, 0) is 49.8 Å². The number of carbonyl (C=O) groups is 1. The van der Waals surface area contributed by atoms with Gasteiger partial charge in [0.2, 0.25) is 0 Å². The van der Waals surface area contributed by atoms with Crippen molar-refractivity contribution in [2.24, 2.45) is 5.41 Å². The third-order valence-electron chi connectivity index (χ3n) is 5.31. The van der Waals surface area contributed by atoms with E-state index in [1.807, 2.05) is 24.3 Å². The fraction of sp³-hybridized carbons (Fsp3) is 0.632. The van der Waals surface area contributed by atoms with Crippen LogP contribution in [-0.2, 0) is 9.53 Å². The molecule has 3 unspecified atom stereocenters. The van der Waals surface area contributed by atoms with Crippen molar-refractivity contribution in [2.75, 3.05) is 19.7 Å². The molecular weight excluding hydrogens is 306 g/mol. The van der Waals surface area contributed by atoms with Gasteiger partial charge in [-0.15, -0.1) is 0 Å². The lowest BCUT2D eigenvalue weighted by Gasteiger charge is -2.39. The highest BCUT2D eigenvalue weighted by molar-refractivity contribution is 5.40. The maximum Gasteiger partial charge on any atom is 0.293 e. The van der Waals surface area contributed by atoms with Crippen LogP contribution in [0.15, 0.2) is 24.3 Å². The van der Waals surface area contributed by atoms with Crippen LogP contribution >= 0.6 is 0 Å². The van der Waals surface area contributed by atoms with Crippen LogP contribution in [0.3, 0.4) is 0 Å². The van der Waals surface area contributed by atoms with E-state index in [9.17, 15) is 4.79 Å². The van der Waals surface area contributed by atoms with Crippen molar-refractivity contribution < 1.29 is 19.0 Å². The Balaban J connectivity index is 1.63. The van der Waals surface area contributed by atoms with Crippen LogP contribution in [0.4, 0.5) is 0 Å². The quantitative estimate of drug-likeness (QED) is 0.778. The molecule has 5 nitrogen and oxygen atoms in total. The number of hydrogen-bond acceptors (Lipinski definition) is 5. The standard InChI is InChI=1S/C19H27NO4/c1-2-19(8-5-9-20-13-19)11-15(23-14-21)10-16-12-22-17-6-3-4-7-18(17)24-16/h3-4,6-7,14-16,20H,2,5,8-13H2,1H3. The summed E-state index contributed by atoms with van der Waals surface area (Å²) in [6.07, 6.45) is 4.75. The SMILES string of the molecule is CCC1(CC(CC2COc3ccccc3O2)OC=O)CCCNC1. The van der Waals surface area contributed by atoms with E-state index >= 15 is 0 Å². The predicted octanol–water partition coefficient (Wildman–Crippen LogP) is 2.93. The zero-order valence-electron chi connectivity index (χ0n) is 14.3. The Morgan fingerprint density at radius 3 is 2.96 bits per heavy atom. The van der Waals surface area contributed by atoms with Crippen LogP contribution in [0.5, 0.6) is 11.5 Å². The number of benzene rings is 1. The Kier molecular flexibility index (Phi) is 5.61. The third-order valence-corrected chi connectivity index (χ3v) is 5.31. The molecule has 5 heteroatoms. The van der Waals surface area contributed by atoms with Gasteiger partial charge < -0.3 is 19.5 Å². The van der Waals surface area contributed by atoms with Gasteiger partial charge in [-0.3, -0.25) is 4.79 Å². The molecule has 3 rings (SSSR count). The first-order valence-corrected chi connectivity index (χ1v) is 8.93. The largest absolute Gasteiger partial charge is 0.486 e. The summed E-state index contributed by atoms with van der Waals surface area (Å²) in [4.78, 5) is 11.0. The lowest BCUT2D eigenvalue weighted by atomic mass is 9.73. The van der Waals surface area contributed by atoms with Gasteiger partial charge in [-0.2, -0.15) is 0 Å². The van der Waals surface area contributed by atoms with Crippen molar-refractivity contribution in [3.63, 3.8) is 0 Å². The summed E-state index contributed by atoms with van der Waals surface area (Å²) in [5.41, 5.74) is 0.208. The van der Waals surface area contributed by atoms with Crippen molar-refractivity contribution in [1.29, 1.82) is 0 Å². The van der Waals surface area contributed by atoms with Crippen LogP contribution < -0.4 is 14.8 Å². The van der Waals surface area contributed by atoms with E-state index in [2.05, 4.69) is 12.2 Å². The first-order valence-electron chi connectivity index (χ1n) is 8.93. The Morgan fingerprint density at radius 2 is 2.25 bits per heavy atom. The molecule has 1 saturated heterocycles. The lowest BCUT2D eigenvalue weighted by Crippen LogP contribution is -2.43. The second-order valence-corrected chi connectivity index (χ2v) is 6.93. The molecule has 0 aliphatic carbocycles. The molecule has 24 heavy (non-hydrogen) atoms. The van der Waals surface area contributed by atoms with Gasteiger partial charge in [0.05, 0.1) is 0 Å². The van der Waals surface area contributed by atoms with Gasteiger partial charge in [0.15, 0.2) is 11.5 Å². The molecule has 0 bridgehead atoms. The molecule has 1 aromatic carbocycles. The fourth-order valence-corrected chi connectivity index (χ4v) is 3.87. The highest BCUT2D eigenvalue weighted by Gasteiger charge is 2.35. The average Bonchev–Trinajstić information content (AvgIpc) is 2.62. The highest BCUT2D eigenvalue weighted by atomic mass is 16.6. The minimum atomic E-state index is -0.138. The van der Waals surface area contributed by atoms with Crippen molar-refractivity contribution in [3.05, 3.63) is 24.3 Å². The maximum atomic E-state index is 11.0. The van der Waals surface area contributed by atoms with E-state index in [1.165, 1.54) is 12.8 Å². The second kappa shape index (κ2) is 7.88. The van der Waals surface area contributed by atoms with Crippen molar-refractivity contribution in [3.8, 4) is 11.5 Å². The summed E-state index contributed by atoms with van der Waals surface area (Å²) in [6.45, 7) is 5.36. The number of carbonyl (C=O) groups excluding carboxylic acids is 1. The molecule has 132 valence electrons. The molecule has 0 saturated carbocycles. The van der Waals surface area contributed by atoms with Crippen LogP contribution in [0.1, 0.15) is 39.0 Å². The molecule has 0 radical (unpaired) electrons. The van der Waals surface area contributed by atoms with E-state index in [0.29, 0.717) is 19.5 Å². The monoisotopic (exact) mass is 333 g/mol. The highest BCUT2D eigenvalue weighted by Crippen LogP contribution is 2.38. The van der Waals surface area contributed by atoms with Crippen LogP contribution in [-0.4, -0.2) is 38.4 Å². The molecular formula is C19H27NO4. The fourth-order valence-electron chi connectivity index (χ4n) is 3.87. The maximum absolute atomic E-state index is 11.0. The van der Waals surface area contributed by atoms with Crippen LogP contribution in [0.2, 0.25) is 0 Å². The van der Waals surface area contributed by atoms with E-state index in [0.717, 1.165) is 37.4 Å². The number of ether oxygens (including phenoxy) is 3. The molecule has 0 spiro atoms. The Labute approximate surface area is 143 Å². The lowest BCUT2D eigenvalue weighted by molar-refractivity contribution is -0.137. The third kappa shape index (κ3) is 4.01. The minimum absolute atomic E-state index is 0.0877. The minimum Gasteiger partial charge on any atom is -0.486 e. The Bertz CT molecular complexity index is 542. The molecule has 0 amide bonds. The zero-order valence-corrected chi connectivity index (χ0v) is 14.3. The van der Waals surface area contributed by atoms with E-state index < -0.39 is 0 Å². The average molecular weight is 333 g/mol.